The van der Waals surface area contributed by atoms with Crippen molar-refractivity contribution in [1.82, 2.24) is 15.2 Å². The van der Waals surface area contributed by atoms with Gasteiger partial charge in [0, 0.05) is 62.6 Å². The van der Waals surface area contributed by atoms with Crippen LogP contribution < -0.4 is 10.2 Å². The minimum absolute atomic E-state index is 0.134. The van der Waals surface area contributed by atoms with Crippen molar-refractivity contribution >= 4 is 23.4 Å². The van der Waals surface area contributed by atoms with Crippen LogP contribution in [-0.2, 0) is 17.5 Å². The van der Waals surface area contributed by atoms with Gasteiger partial charge in [-0.05, 0) is 71.9 Å². The zero-order chi connectivity index (χ0) is 26.0. The standard InChI is InChI=1S/C29H29F3N4O/c1-35(25-12-14-33-15-13-25)24-9-4-22(5-10-24)18-36(26-16-28(17-26)19-34-20-28)27(37)11-6-21-2-7-23(8-3-21)29(30,31)32/h2-15,26,34H,16-20H2,1H3. The number of rotatable bonds is 7. The van der Waals surface area contributed by atoms with Crippen LogP contribution in [0.4, 0.5) is 24.5 Å². The zero-order valence-electron chi connectivity index (χ0n) is 20.6. The molecule has 0 unspecified atom stereocenters. The van der Waals surface area contributed by atoms with Gasteiger partial charge in [-0.2, -0.15) is 13.2 Å². The summed E-state index contributed by atoms with van der Waals surface area (Å²) in [5, 5.41) is 3.33. The fourth-order valence-corrected chi connectivity index (χ4v) is 5.10. The van der Waals surface area contributed by atoms with Crippen LogP contribution in [0.25, 0.3) is 6.08 Å². The van der Waals surface area contributed by atoms with Gasteiger partial charge < -0.3 is 15.1 Å². The van der Waals surface area contributed by atoms with Crippen molar-refractivity contribution in [2.75, 3.05) is 25.0 Å². The molecule has 2 aliphatic rings. The van der Waals surface area contributed by atoms with Gasteiger partial charge in [-0.15, -0.1) is 0 Å². The Kier molecular flexibility index (Phi) is 6.77. The van der Waals surface area contributed by atoms with Gasteiger partial charge >= 0.3 is 6.18 Å². The molecule has 0 bridgehead atoms. The van der Waals surface area contributed by atoms with Gasteiger partial charge in [0.2, 0.25) is 5.91 Å². The summed E-state index contributed by atoms with van der Waals surface area (Å²) in [5.41, 5.74) is 3.23. The molecule has 2 fully saturated rings. The van der Waals surface area contributed by atoms with Crippen LogP contribution in [0.5, 0.6) is 0 Å². The lowest BCUT2D eigenvalue weighted by molar-refractivity contribution is -0.138. The number of carbonyl (C=O) groups excluding carboxylic acids is 1. The Morgan fingerprint density at radius 1 is 1.00 bits per heavy atom. The third-order valence-electron chi connectivity index (χ3n) is 7.44. The number of hydrogen-bond acceptors (Lipinski definition) is 4. The van der Waals surface area contributed by atoms with E-state index in [2.05, 4.69) is 15.2 Å². The molecular formula is C29H29F3N4O. The number of nitrogens with one attached hydrogen (secondary N) is 1. The van der Waals surface area contributed by atoms with Crippen molar-refractivity contribution in [3.63, 3.8) is 0 Å². The van der Waals surface area contributed by atoms with Crippen molar-refractivity contribution in [3.8, 4) is 0 Å². The Hall–Kier alpha value is -3.65. The SMILES string of the molecule is CN(c1ccncc1)c1ccc(CN(C(=O)C=Cc2ccc(C(F)(F)F)cc2)C2CC3(CNC3)C2)cc1. The number of aromatic nitrogens is 1. The molecule has 0 radical (unpaired) electrons. The van der Waals surface area contributed by atoms with Gasteiger partial charge in [0.1, 0.15) is 0 Å². The number of amides is 1. The number of halogens is 3. The first kappa shape index (κ1) is 25.0. The van der Waals surface area contributed by atoms with Crippen LogP contribution in [0.3, 0.4) is 0 Å². The molecule has 5 rings (SSSR count). The number of anilines is 2. The summed E-state index contributed by atoms with van der Waals surface area (Å²) in [7, 11) is 1.99. The molecule has 5 nitrogen and oxygen atoms in total. The maximum Gasteiger partial charge on any atom is 0.416 e. The lowest BCUT2D eigenvalue weighted by Gasteiger charge is -2.57. The molecule has 0 atom stereocenters. The molecule has 1 aliphatic carbocycles. The first-order valence-electron chi connectivity index (χ1n) is 12.3. The molecule has 1 aliphatic heterocycles. The second-order valence-electron chi connectivity index (χ2n) is 10.0. The van der Waals surface area contributed by atoms with Gasteiger partial charge in [0.25, 0.3) is 0 Å². The number of hydrogen-bond donors (Lipinski definition) is 1. The number of pyridine rings is 1. The first-order valence-corrected chi connectivity index (χ1v) is 12.3. The van der Waals surface area contributed by atoms with Gasteiger partial charge in [-0.25, -0.2) is 0 Å². The van der Waals surface area contributed by atoms with E-state index in [0.717, 1.165) is 55.0 Å². The summed E-state index contributed by atoms with van der Waals surface area (Å²) < 4.78 is 38.5. The summed E-state index contributed by atoms with van der Waals surface area (Å²) in [6, 6.07) is 17.0. The summed E-state index contributed by atoms with van der Waals surface area (Å²) in [6.45, 7) is 2.45. The fraction of sp³-hybridized carbons (Fsp3) is 0.310. The van der Waals surface area contributed by atoms with Crippen molar-refractivity contribution in [1.29, 1.82) is 0 Å². The lowest BCUT2D eigenvalue weighted by atomic mass is 9.61. The molecule has 3 aromatic rings. The van der Waals surface area contributed by atoms with Gasteiger partial charge in [0.15, 0.2) is 0 Å². The van der Waals surface area contributed by atoms with Gasteiger partial charge in [-0.1, -0.05) is 24.3 Å². The van der Waals surface area contributed by atoms with Crippen molar-refractivity contribution in [2.24, 2.45) is 5.41 Å². The van der Waals surface area contributed by atoms with Crippen LogP contribution in [0.1, 0.15) is 29.5 Å². The predicted molar refractivity (Wildman–Crippen MR) is 138 cm³/mol. The molecule has 1 aromatic heterocycles. The van der Waals surface area contributed by atoms with Crippen LogP contribution in [-0.4, -0.2) is 42.0 Å². The molecule has 2 aromatic carbocycles. The van der Waals surface area contributed by atoms with Crippen LogP contribution in [0.15, 0.2) is 79.1 Å². The van der Waals surface area contributed by atoms with Crippen molar-refractivity contribution < 1.29 is 18.0 Å². The highest BCUT2D eigenvalue weighted by Crippen LogP contribution is 2.47. The monoisotopic (exact) mass is 506 g/mol. The average molecular weight is 507 g/mol. The molecule has 1 saturated heterocycles. The third kappa shape index (κ3) is 5.54. The Morgan fingerprint density at radius 3 is 2.19 bits per heavy atom. The van der Waals surface area contributed by atoms with E-state index in [-0.39, 0.29) is 11.9 Å². The van der Waals surface area contributed by atoms with E-state index >= 15 is 0 Å². The number of carbonyl (C=O) groups is 1. The van der Waals surface area contributed by atoms with E-state index in [0.29, 0.717) is 17.5 Å². The number of nitrogens with zero attached hydrogens (tertiary/aromatic N) is 3. The van der Waals surface area contributed by atoms with E-state index in [1.54, 1.807) is 18.5 Å². The second kappa shape index (κ2) is 10.0. The number of benzene rings is 2. The van der Waals surface area contributed by atoms with Crippen LogP contribution >= 0.6 is 0 Å². The van der Waals surface area contributed by atoms with Gasteiger partial charge in [0.05, 0.1) is 5.56 Å². The lowest BCUT2D eigenvalue weighted by Crippen LogP contribution is -2.65. The molecule has 1 amide bonds. The van der Waals surface area contributed by atoms with E-state index in [1.165, 1.54) is 18.2 Å². The maximum absolute atomic E-state index is 13.3. The third-order valence-corrected chi connectivity index (χ3v) is 7.44. The molecule has 1 saturated carbocycles. The quantitative estimate of drug-likeness (QED) is 0.420. The van der Waals surface area contributed by atoms with Crippen LogP contribution in [0.2, 0.25) is 0 Å². The molecule has 37 heavy (non-hydrogen) atoms. The highest BCUT2D eigenvalue weighted by molar-refractivity contribution is 5.92. The van der Waals surface area contributed by atoms with E-state index in [1.807, 2.05) is 48.3 Å². The topological polar surface area (TPSA) is 48.5 Å². The summed E-state index contributed by atoms with van der Waals surface area (Å²) >= 11 is 0. The second-order valence-corrected chi connectivity index (χ2v) is 10.0. The Morgan fingerprint density at radius 2 is 1.62 bits per heavy atom. The van der Waals surface area contributed by atoms with Crippen molar-refractivity contribution in [3.05, 3.63) is 95.8 Å². The highest BCUT2D eigenvalue weighted by atomic mass is 19.4. The largest absolute Gasteiger partial charge is 0.416 e. The van der Waals surface area contributed by atoms with E-state index in [9.17, 15) is 18.0 Å². The average Bonchev–Trinajstić information content (AvgIpc) is 2.85. The molecule has 1 N–H and O–H groups in total. The zero-order valence-corrected chi connectivity index (χ0v) is 20.6. The Labute approximate surface area is 214 Å². The minimum atomic E-state index is -4.38. The fourth-order valence-electron chi connectivity index (χ4n) is 5.10. The Balaban J connectivity index is 1.29. The Bertz CT molecular complexity index is 1250. The molecule has 1 spiro atoms. The normalized spacial score (nSPS) is 16.9. The molecular weight excluding hydrogens is 477 g/mol. The van der Waals surface area contributed by atoms with Crippen molar-refractivity contribution in [2.45, 2.75) is 31.6 Å². The maximum atomic E-state index is 13.3. The van der Waals surface area contributed by atoms with Gasteiger partial charge in [-0.3, -0.25) is 9.78 Å². The first-order chi connectivity index (χ1) is 17.7. The molecule has 192 valence electrons. The smallest absolute Gasteiger partial charge is 0.345 e. The highest BCUT2D eigenvalue weighted by Gasteiger charge is 2.50. The predicted octanol–water partition coefficient (Wildman–Crippen LogP) is 5.66. The summed E-state index contributed by atoms with van der Waals surface area (Å²) in [5.74, 6) is -0.134. The van der Waals surface area contributed by atoms with Crippen LogP contribution in [0, 0.1) is 5.41 Å². The minimum Gasteiger partial charge on any atom is -0.345 e. The molecule has 8 heteroatoms. The summed E-state index contributed by atoms with van der Waals surface area (Å²) in [4.78, 5) is 21.3. The van der Waals surface area contributed by atoms with E-state index in [4.69, 9.17) is 0 Å². The number of alkyl halides is 3. The molecule has 2 heterocycles. The summed E-state index contributed by atoms with van der Waals surface area (Å²) in [6.07, 6.45) is 4.11. The van der Waals surface area contributed by atoms with E-state index < -0.39 is 11.7 Å².